The summed E-state index contributed by atoms with van der Waals surface area (Å²) in [5, 5.41) is 0. The van der Waals surface area contributed by atoms with Gasteiger partial charge in [0.25, 0.3) is 0 Å². The lowest BCUT2D eigenvalue weighted by molar-refractivity contribution is 0.529. The minimum atomic E-state index is -0.541. The van der Waals surface area contributed by atoms with Gasteiger partial charge >= 0.3 is 5.76 Å². The molecule has 0 bridgehead atoms. The Balaban J connectivity index is 0.000000386. The van der Waals surface area contributed by atoms with Gasteiger partial charge in [0, 0.05) is 0 Å². The second-order valence-corrected chi connectivity index (χ2v) is 4.53. The van der Waals surface area contributed by atoms with Crippen LogP contribution in [-0.2, 0) is 0 Å². The first-order valence-electron chi connectivity index (χ1n) is 5.34. The molecule has 88 valence electrons. The van der Waals surface area contributed by atoms with E-state index in [0.29, 0.717) is 16.1 Å². The van der Waals surface area contributed by atoms with Crippen molar-refractivity contribution in [3.8, 4) is 0 Å². The molecule has 0 spiro atoms. The zero-order valence-electron chi connectivity index (χ0n) is 9.98. The summed E-state index contributed by atoms with van der Waals surface area (Å²) in [6.45, 7) is 8.20. The van der Waals surface area contributed by atoms with Crippen molar-refractivity contribution >= 4 is 21.8 Å². The molecule has 5 heteroatoms. The van der Waals surface area contributed by atoms with Crippen LogP contribution in [0, 0.1) is 0 Å². The van der Waals surface area contributed by atoms with Crippen LogP contribution in [0.2, 0.25) is 0 Å². The Morgan fingerprint density at radius 2 is 2.06 bits per heavy atom. The molecular weight excluding hydrogens is 224 g/mol. The van der Waals surface area contributed by atoms with Crippen LogP contribution < -0.4 is 5.76 Å². The number of rotatable bonds is 1. The van der Waals surface area contributed by atoms with E-state index < -0.39 is 5.76 Å². The van der Waals surface area contributed by atoms with Crippen LogP contribution in [0.15, 0.2) is 14.7 Å². The smallest absolute Gasteiger partial charge is 0.395 e. The van der Waals surface area contributed by atoms with Crippen molar-refractivity contribution in [2.75, 3.05) is 0 Å². The molecule has 2 aromatic rings. The molecule has 16 heavy (non-hydrogen) atoms. The average molecular weight is 240 g/mol. The van der Waals surface area contributed by atoms with Gasteiger partial charge in [0.15, 0.2) is 0 Å². The third-order valence-electron chi connectivity index (χ3n) is 1.72. The summed E-state index contributed by atoms with van der Waals surface area (Å²) in [7, 11) is 0. The fourth-order valence-electron chi connectivity index (χ4n) is 1.13. The van der Waals surface area contributed by atoms with Crippen molar-refractivity contribution in [1.82, 2.24) is 9.97 Å². The summed E-state index contributed by atoms with van der Waals surface area (Å²) in [5.41, 5.74) is 3.08. The molecular formula is C11H16N2O2S. The van der Waals surface area contributed by atoms with E-state index >= 15 is 0 Å². The molecule has 0 aliphatic rings. The SMILES string of the molecule is CC(C)c1nc(=O)oc2scnc12.CCC. The van der Waals surface area contributed by atoms with Crippen molar-refractivity contribution in [1.29, 1.82) is 0 Å². The predicted molar refractivity (Wildman–Crippen MR) is 66.0 cm³/mol. The Kier molecular flexibility index (Phi) is 4.61. The zero-order valence-corrected chi connectivity index (χ0v) is 10.8. The molecule has 0 unspecified atom stereocenters. The maximum atomic E-state index is 11.0. The van der Waals surface area contributed by atoms with Gasteiger partial charge in [-0.2, -0.15) is 4.98 Å². The lowest BCUT2D eigenvalue weighted by atomic mass is 10.1. The standard InChI is InChI=1S/C8H8N2O2S.C3H8/c1-4(2)5-6-7(13-3-9-6)12-8(11)10-5;1-3-2/h3-4H,1-2H3;3H2,1-2H3. The van der Waals surface area contributed by atoms with E-state index in [9.17, 15) is 4.79 Å². The first kappa shape index (κ1) is 12.8. The number of hydrogen-bond donors (Lipinski definition) is 0. The minimum Gasteiger partial charge on any atom is -0.395 e. The third kappa shape index (κ3) is 2.88. The number of thiazole rings is 1. The maximum absolute atomic E-state index is 11.0. The number of fused-ring (bicyclic) bond motifs is 1. The van der Waals surface area contributed by atoms with Gasteiger partial charge in [-0.1, -0.05) is 45.5 Å². The maximum Gasteiger partial charge on any atom is 0.440 e. The lowest BCUT2D eigenvalue weighted by Crippen LogP contribution is -2.08. The summed E-state index contributed by atoms with van der Waals surface area (Å²) in [6, 6.07) is 0. The fourth-order valence-corrected chi connectivity index (χ4v) is 1.78. The summed E-state index contributed by atoms with van der Waals surface area (Å²) < 4.78 is 4.88. The van der Waals surface area contributed by atoms with Gasteiger partial charge in [-0.05, 0) is 5.92 Å². The minimum absolute atomic E-state index is 0.189. The highest BCUT2D eigenvalue weighted by atomic mass is 32.1. The van der Waals surface area contributed by atoms with Gasteiger partial charge < -0.3 is 4.42 Å². The number of aromatic nitrogens is 2. The Hall–Kier alpha value is -1.23. The van der Waals surface area contributed by atoms with Crippen molar-refractivity contribution in [3.63, 3.8) is 0 Å². The Morgan fingerprint density at radius 1 is 1.44 bits per heavy atom. The summed E-state index contributed by atoms with van der Waals surface area (Å²) >= 11 is 1.32. The molecule has 0 aliphatic heterocycles. The molecule has 2 rings (SSSR count). The van der Waals surface area contributed by atoms with Crippen molar-refractivity contribution in [3.05, 3.63) is 21.8 Å². The normalized spacial score (nSPS) is 10.3. The van der Waals surface area contributed by atoms with Gasteiger partial charge in [0.05, 0.1) is 11.2 Å². The van der Waals surface area contributed by atoms with Crippen molar-refractivity contribution < 1.29 is 4.42 Å². The van der Waals surface area contributed by atoms with E-state index in [2.05, 4.69) is 23.8 Å². The Bertz CT molecular complexity index is 502. The Morgan fingerprint density at radius 3 is 2.62 bits per heavy atom. The van der Waals surface area contributed by atoms with Gasteiger partial charge in [-0.25, -0.2) is 9.78 Å². The molecule has 2 heterocycles. The molecule has 0 saturated heterocycles. The molecule has 0 aromatic carbocycles. The van der Waals surface area contributed by atoms with E-state index in [1.54, 1.807) is 5.51 Å². The Labute approximate surface area is 98.4 Å². The van der Waals surface area contributed by atoms with Gasteiger partial charge in [0.2, 0.25) is 4.90 Å². The molecule has 0 amide bonds. The summed E-state index contributed by atoms with van der Waals surface area (Å²) in [5.74, 6) is -0.353. The van der Waals surface area contributed by atoms with E-state index in [-0.39, 0.29) is 5.92 Å². The van der Waals surface area contributed by atoms with Crippen LogP contribution in [0.25, 0.3) is 10.4 Å². The van der Waals surface area contributed by atoms with Crippen LogP contribution in [0.4, 0.5) is 0 Å². The zero-order chi connectivity index (χ0) is 12.1. The summed E-state index contributed by atoms with van der Waals surface area (Å²) in [4.78, 5) is 19.5. The monoisotopic (exact) mass is 240 g/mol. The molecule has 0 N–H and O–H groups in total. The largest absolute Gasteiger partial charge is 0.440 e. The van der Waals surface area contributed by atoms with Crippen LogP contribution >= 0.6 is 11.3 Å². The van der Waals surface area contributed by atoms with Crippen LogP contribution in [0.1, 0.15) is 45.7 Å². The van der Waals surface area contributed by atoms with Gasteiger partial charge in [-0.15, -0.1) is 0 Å². The third-order valence-corrected chi connectivity index (χ3v) is 2.42. The molecule has 0 atom stereocenters. The lowest BCUT2D eigenvalue weighted by Gasteiger charge is -2.01. The molecule has 4 nitrogen and oxygen atoms in total. The van der Waals surface area contributed by atoms with Crippen LogP contribution in [-0.4, -0.2) is 9.97 Å². The molecule has 0 fully saturated rings. The van der Waals surface area contributed by atoms with E-state index in [1.807, 2.05) is 13.8 Å². The second-order valence-electron chi connectivity index (χ2n) is 3.72. The van der Waals surface area contributed by atoms with Crippen LogP contribution in [0.3, 0.4) is 0 Å². The van der Waals surface area contributed by atoms with Crippen molar-refractivity contribution in [2.45, 2.75) is 40.0 Å². The number of nitrogens with zero attached hydrogens (tertiary/aromatic N) is 2. The highest BCUT2D eigenvalue weighted by molar-refractivity contribution is 7.16. The molecule has 0 radical (unpaired) electrons. The number of hydrogen-bond acceptors (Lipinski definition) is 5. The predicted octanol–water partition coefficient (Wildman–Crippen LogP) is 3.18. The van der Waals surface area contributed by atoms with Gasteiger partial charge in [0.1, 0.15) is 5.52 Å². The van der Waals surface area contributed by atoms with E-state index in [1.165, 1.54) is 17.8 Å². The van der Waals surface area contributed by atoms with E-state index in [0.717, 1.165) is 0 Å². The van der Waals surface area contributed by atoms with Crippen LogP contribution in [0.5, 0.6) is 0 Å². The molecule has 0 saturated carbocycles. The first-order chi connectivity index (χ1) is 7.60. The van der Waals surface area contributed by atoms with Crippen molar-refractivity contribution in [2.24, 2.45) is 0 Å². The molecule has 2 aromatic heterocycles. The highest BCUT2D eigenvalue weighted by Gasteiger charge is 2.12. The fraction of sp³-hybridized carbons (Fsp3) is 0.545. The second kappa shape index (κ2) is 5.75. The summed E-state index contributed by atoms with van der Waals surface area (Å²) in [6.07, 6.45) is 1.25. The van der Waals surface area contributed by atoms with E-state index in [4.69, 9.17) is 4.42 Å². The topological polar surface area (TPSA) is 56.0 Å². The quantitative estimate of drug-likeness (QED) is 0.768. The first-order valence-corrected chi connectivity index (χ1v) is 6.22. The molecule has 0 aliphatic carbocycles. The average Bonchev–Trinajstić information content (AvgIpc) is 2.64. The highest BCUT2D eigenvalue weighted by Crippen LogP contribution is 2.22. The van der Waals surface area contributed by atoms with Gasteiger partial charge in [-0.3, -0.25) is 0 Å².